The third-order valence-electron chi connectivity index (χ3n) is 9.89. The number of ketones is 2. The number of Topliss-reactive ketones (excluding diaryl/α,β-unsaturated/α-hetero) is 2. The van der Waals surface area contributed by atoms with Crippen LogP contribution in [-0.4, -0.2) is 80.6 Å². The number of hydrogen-bond acceptors (Lipinski definition) is 10. The molecule has 0 heterocycles. The zero-order valence-corrected chi connectivity index (χ0v) is 26.5. The van der Waals surface area contributed by atoms with Crippen molar-refractivity contribution in [3.8, 4) is 5.75 Å². The quantitative estimate of drug-likeness (QED) is 0.233. The van der Waals surface area contributed by atoms with Gasteiger partial charge in [-0.2, -0.15) is 0 Å². The van der Waals surface area contributed by atoms with E-state index in [0.717, 1.165) is 19.3 Å². The smallest absolute Gasteiger partial charge is 0.309 e. The van der Waals surface area contributed by atoms with E-state index in [9.17, 15) is 39.6 Å². The van der Waals surface area contributed by atoms with E-state index in [-0.39, 0.29) is 11.3 Å². The van der Waals surface area contributed by atoms with Gasteiger partial charge in [0, 0.05) is 5.02 Å². The second-order valence-corrected chi connectivity index (χ2v) is 13.2. The number of hydrogen-bond donors (Lipinski definition) is 5. The first-order chi connectivity index (χ1) is 22.3. The number of benzene rings is 2. The van der Waals surface area contributed by atoms with E-state index in [1.807, 2.05) is 0 Å². The van der Waals surface area contributed by atoms with Gasteiger partial charge in [-0.15, -0.1) is 0 Å². The van der Waals surface area contributed by atoms with E-state index in [4.69, 9.17) is 22.1 Å². The van der Waals surface area contributed by atoms with E-state index in [1.165, 1.54) is 25.1 Å². The lowest BCUT2D eigenvalue weighted by Gasteiger charge is -2.54. The molecule has 6 rings (SSSR count). The highest BCUT2D eigenvalue weighted by Gasteiger charge is 2.69. The number of amides is 1. The number of ether oxygens (including phenoxy) is 1. The van der Waals surface area contributed by atoms with Gasteiger partial charge in [0.1, 0.15) is 28.9 Å². The summed E-state index contributed by atoms with van der Waals surface area (Å²) >= 11 is 6.14. The molecule has 11 nitrogen and oxygen atoms in total. The molecule has 2 fully saturated rings. The number of phenols is 1. The van der Waals surface area contributed by atoms with Crippen molar-refractivity contribution in [2.45, 2.75) is 49.9 Å². The molecule has 2 aromatic rings. The Kier molecular flexibility index (Phi) is 8.27. The molecule has 47 heavy (non-hydrogen) atoms. The van der Waals surface area contributed by atoms with Crippen molar-refractivity contribution in [1.82, 2.24) is 4.90 Å². The van der Waals surface area contributed by atoms with E-state index in [1.54, 1.807) is 42.5 Å². The number of aliphatic hydroxyl groups excluding tert-OH is 2. The van der Waals surface area contributed by atoms with Crippen LogP contribution in [0.4, 0.5) is 0 Å². The molecule has 246 valence electrons. The topological polar surface area (TPSA) is 188 Å². The standard InChI is InChI=1S/C35H35ClN2O9/c1-38(2)27-26-30(47-34(45)17-7-4-3-5-8-17)23-20(15-16-11-13-18(36)14-12-16)19-9-6-10-21(39)22(19)28(40)24(23)31(42)35(26,46)32(43)25(29(27)41)33(37)44/h6,9-15,17,23,26-27,30,39-40,43,46H,3-5,7-8H2,1-2H3,(H2,37,44)/b20-15+/t23-,26-,27+,30+,35+/m1/s1. The first-order valence-electron chi connectivity index (χ1n) is 15.4. The molecule has 0 unspecified atom stereocenters. The number of nitrogens with two attached hydrogens (primary N) is 1. The molecule has 4 aliphatic rings. The Hall–Kier alpha value is -4.45. The first kappa shape index (κ1) is 32.5. The predicted molar refractivity (Wildman–Crippen MR) is 172 cm³/mol. The molecule has 0 radical (unpaired) electrons. The number of phenolic OH excluding ortho intramolecular Hbond substituents is 1. The third kappa shape index (κ3) is 5.04. The maximum Gasteiger partial charge on any atom is 0.309 e. The summed E-state index contributed by atoms with van der Waals surface area (Å²) in [6.07, 6.45) is 3.79. The van der Waals surface area contributed by atoms with Gasteiger partial charge in [-0.3, -0.25) is 24.1 Å². The molecular weight excluding hydrogens is 628 g/mol. The fourth-order valence-electron chi connectivity index (χ4n) is 7.73. The number of carbonyl (C=O) groups is 4. The fraction of sp³-hybridized carbons (Fsp3) is 0.371. The summed E-state index contributed by atoms with van der Waals surface area (Å²) in [6, 6.07) is 9.72. The van der Waals surface area contributed by atoms with Gasteiger partial charge in [-0.05, 0) is 61.8 Å². The lowest BCUT2D eigenvalue weighted by Crippen LogP contribution is -2.70. The summed E-state index contributed by atoms with van der Waals surface area (Å²) in [5.41, 5.74) is 2.14. The summed E-state index contributed by atoms with van der Waals surface area (Å²) in [6.45, 7) is 0. The van der Waals surface area contributed by atoms with Gasteiger partial charge >= 0.3 is 5.97 Å². The SMILES string of the molecule is CN(C)[C@@H]1C(=O)C(C(N)=O)=C(O)[C@@]2(O)C(=O)C3=C(O)c4c(O)cccc4/C(=C\c4ccc(Cl)cc4)[C@H]3[C@H](OC(=O)C3CCCCC3)[C@@H]12. The number of esters is 1. The van der Waals surface area contributed by atoms with Crippen molar-refractivity contribution in [2.75, 3.05) is 14.1 Å². The Labute approximate surface area is 275 Å². The van der Waals surface area contributed by atoms with Crippen LogP contribution in [0.5, 0.6) is 5.75 Å². The lowest BCUT2D eigenvalue weighted by atomic mass is 9.55. The Balaban J connectivity index is 1.68. The number of fused-ring (bicyclic) bond motifs is 3. The summed E-state index contributed by atoms with van der Waals surface area (Å²) in [5, 5.41) is 47.0. The van der Waals surface area contributed by atoms with E-state index < -0.39 is 81.6 Å². The molecule has 12 heteroatoms. The number of primary amides is 1. The van der Waals surface area contributed by atoms with Crippen LogP contribution in [0, 0.1) is 17.8 Å². The van der Waals surface area contributed by atoms with E-state index in [0.29, 0.717) is 34.6 Å². The Morgan fingerprint density at radius 2 is 1.68 bits per heavy atom. The van der Waals surface area contributed by atoms with Gasteiger partial charge < -0.3 is 30.9 Å². The van der Waals surface area contributed by atoms with Gasteiger partial charge in [0.15, 0.2) is 11.4 Å². The molecule has 6 N–H and O–H groups in total. The molecule has 4 aliphatic carbocycles. The van der Waals surface area contributed by atoms with Crippen LogP contribution in [0.25, 0.3) is 17.4 Å². The zero-order chi connectivity index (χ0) is 33.9. The number of carbonyl (C=O) groups excluding carboxylic acids is 4. The van der Waals surface area contributed by atoms with Crippen molar-refractivity contribution >= 4 is 52.5 Å². The number of aliphatic hydroxyl groups is 3. The minimum Gasteiger partial charge on any atom is -0.508 e. The monoisotopic (exact) mass is 662 g/mol. The molecule has 0 aromatic heterocycles. The molecule has 0 saturated heterocycles. The van der Waals surface area contributed by atoms with Crippen molar-refractivity contribution in [1.29, 1.82) is 0 Å². The van der Waals surface area contributed by atoms with Crippen LogP contribution < -0.4 is 5.73 Å². The van der Waals surface area contributed by atoms with Crippen LogP contribution in [-0.2, 0) is 23.9 Å². The number of halogens is 1. The summed E-state index contributed by atoms with van der Waals surface area (Å²) in [5.74, 6) is -10.0. The highest BCUT2D eigenvalue weighted by molar-refractivity contribution is 6.30. The molecule has 0 spiro atoms. The Bertz CT molecular complexity index is 1790. The average Bonchev–Trinajstić information content (AvgIpc) is 3.03. The van der Waals surface area contributed by atoms with Crippen LogP contribution in [0.15, 0.2) is 59.4 Å². The van der Waals surface area contributed by atoms with E-state index in [2.05, 4.69) is 0 Å². The third-order valence-corrected chi connectivity index (χ3v) is 10.1. The predicted octanol–water partition coefficient (Wildman–Crippen LogP) is 3.72. The van der Waals surface area contributed by atoms with E-state index >= 15 is 0 Å². The van der Waals surface area contributed by atoms with Crippen molar-refractivity contribution < 1.29 is 44.3 Å². The molecule has 2 aromatic carbocycles. The van der Waals surface area contributed by atoms with Crippen molar-refractivity contribution in [3.63, 3.8) is 0 Å². The van der Waals surface area contributed by atoms with Gasteiger partial charge in [0.25, 0.3) is 5.91 Å². The molecule has 0 aliphatic heterocycles. The molecule has 5 atom stereocenters. The van der Waals surface area contributed by atoms with Crippen molar-refractivity contribution in [3.05, 3.63) is 81.1 Å². The Morgan fingerprint density at radius 3 is 2.30 bits per heavy atom. The van der Waals surface area contributed by atoms with Gasteiger partial charge in [-0.25, -0.2) is 0 Å². The van der Waals surface area contributed by atoms with Crippen LogP contribution in [0.3, 0.4) is 0 Å². The second kappa shape index (κ2) is 12.0. The summed E-state index contributed by atoms with van der Waals surface area (Å²) in [4.78, 5) is 56.3. The Morgan fingerprint density at radius 1 is 1.02 bits per heavy atom. The zero-order valence-electron chi connectivity index (χ0n) is 25.8. The lowest BCUT2D eigenvalue weighted by molar-refractivity contribution is -0.184. The normalized spacial score (nSPS) is 28.7. The average molecular weight is 663 g/mol. The molecule has 2 saturated carbocycles. The number of aromatic hydroxyl groups is 1. The van der Waals surface area contributed by atoms with Crippen LogP contribution >= 0.6 is 11.6 Å². The van der Waals surface area contributed by atoms with Gasteiger partial charge in [-0.1, -0.05) is 61.2 Å². The van der Waals surface area contributed by atoms with Crippen LogP contribution in [0.2, 0.25) is 5.02 Å². The largest absolute Gasteiger partial charge is 0.508 e. The van der Waals surface area contributed by atoms with Gasteiger partial charge in [0.05, 0.1) is 34.9 Å². The maximum absolute atomic E-state index is 14.7. The molecular formula is C35H35ClN2O9. The highest BCUT2D eigenvalue weighted by Crippen LogP contribution is 2.57. The molecule has 1 amide bonds. The summed E-state index contributed by atoms with van der Waals surface area (Å²) in [7, 11) is 2.96. The number of nitrogens with zero attached hydrogens (tertiary/aromatic N) is 1. The van der Waals surface area contributed by atoms with Crippen LogP contribution in [0.1, 0.15) is 48.8 Å². The maximum atomic E-state index is 14.7. The minimum atomic E-state index is -3.03. The number of likely N-dealkylation sites (N-methyl/N-ethyl adjacent to an activating group) is 1. The highest BCUT2D eigenvalue weighted by atomic mass is 35.5. The summed E-state index contributed by atoms with van der Waals surface area (Å²) < 4.78 is 6.29. The number of rotatable bonds is 5. The molecule has 0 bridgehead atoms. The minimum absolute atomic E-state index is 0.124. The second-order valence-electron chi connectivity index (χ2n) is 12.8. The first-order valence-corrected chi connectivity index (χ1v) is 15.8. The van der Waals surface area contributed by atoms with Crippen molar-refractivity contribution in [2.24, 2.45) is 23.5 Å². The van der Waals surface area contributed by atoms with Gasteiger partial charge in [0.2, 0.25) is 5.78 Å². The fourth-order valence-corrected chi connectivity index (χ4v) is 7.85.